The van der Waals surface area contributed by atoms with Gasteiger partial charge in [0.1, 0.15) is 24.7 Å². The van der Waals surface area contributed by atoms with Crippen molar-refractivity contribution in [1.29, 1.82) is 10.7 Å². The zero-order valence-electron chi connectivity index (χ0n) is 17.5. The Kier molecular flexibility index (Phi) is 15.6. The molecule has 0 unspecified atom stereocenters. The summed E-state index contributed by atoms with van der Waals surface area (Å²) in [5, 5.41) is 14.2. The van der Waals surface area contributed by atoms with Gasteiger partial charge < -0.3 is 36.1 Å². The van der Waals surface area contributed by atoms with Crippen molar-refractivity contribution < 1.29 is 18.9 Å². The van der Waals surface area contributed by atoms with Crippen LogP contribution in [-0.2, 0) is 15.9 Å². The number of rotatable bonds is 10. The summed E-state index contributed by atoms with van der Waals surface area (Å²) in [6, 6.07) is 14.8. The van der Waals surface area contributed by atoms with Gasteiger partial charge in [0.15, 0.2) is 6.19 Å². The summed E-state index contributed by atoms with van der Waals surface area (Å²) >= 11 is 0. The van der Waals surface area contributed by atoms with Crippen LogP contribution < -0.4 is 26.7 Å². The van der Waals surface area contributed by atoms with E-state index < -0.39 is 0 Å². The van der Waals surface area contributed by atoms with Gasteiger partial charge in [0.05, 0.1) is 19.0 Å². The zero-order valence-corrected chi connectivity index (χ0v) is 17.5. The van der Waals surface area contributed by atoms with Crippen LogP contribution in [0.25, 0.3) is 0 Å². The Bertz CT molecular complexity index is 731. The number of hydrogen-bond acceptors (Lipinski definition) is 8. The number of nitrogen functional groups attached to an aromatic ring is 1. The van der Waals surface area contributed by atoms with Gasteiger partial charge in [-0.3, -0.25) is 5.41 Å². The number of amidine groups is 1. The normalized spacial score (nSPS) is 9.10. The average molecular weight is 418 g/mol. The van der Waals surface area contributed by atoms with Crippen LogP contribution in [0, 0.1) is 16.9 Å². The Labute approximate surface area is 177 Å². The minimum absolute atomic E-state index is 0.169. The van der Waals surface area contributed by atoms with Gasteiger partial charge in [-0.05, 0) is 42.0 Å². The van der Waals surface area contributed by atoms with Crippen LogP contribution in [0.3, 0.4) is 0 Å². The number of hydrogen-bond donors (Lipinski definition) is 4. The predicted molar refractivity (Wildman–Crippen MR) is 117 cm³/mol. The molecule has 0 aromatic heterocycles. The van der Waals surface area contributed by atoms with Crippen LogP contribution in [0.4, 0.5) is 5.69 Å². The van der Waals surface area contributed by atoms with Crippen LogP contribution in [0.1, 0.15) is 5.56 Å². The van der Waals surface area contributed by atoms with Crippen molar-refractivity contribution in [1.82, 2.24) is 0 Å². The van der Waals surface area contributed by atoms with Crippen LogP contribution in [0.2, 0.25) is 0 Å². The molecule has 0 amide bonds. The van der Waals surface area contributed by atoms with E-state index in [0.717, 1.165) is 22.7 Å². The molecular formula is C21H31N5O4. The molecule has 0 atom stereocenters. The van der Waals surface area contributed by atoms with Gasteiger partial charge >= 0.3 is 0 Å². The van der Waals surface area contributed by atoms with Gasteiger partial charge in [-0.25, -0.2) is 0 Å². The highest BCUT2D eigenvalue weighted by atomic mass is 16.5. The maximum atomic E-state index is 7.15. The first-order valence-electron chi connectivity index (χ1n) is 9.07. The number of nitriles is 1. The molecule has 0 heterocycles. The van der Waals surface area contributed by atoms with Gasteiger partial charge in [-0.15, -0.1) is 0 Å². The number of nitrogens with one attached hydrogen (secondary N) is 1. The molecule has 0 saturated carbocycles. The van der Waals surface area contributed by atoms with E-state index in [1.807, 2.05) is 48.5 Å². The molecule has 0 bridgehead atoms. The Morgan fingerprint density at radius 3 is 1.63 bits per heavy atom. The van der Waals surface area contributed by atoms with E-state index in [2.05, 4.69) is 5.73 Å². The van der Waals surface area contributed by atoms with E-state index in [4.69, 9.17) is 41.1 Å². The maximum absolute atomic E-state index is 7.15. The highest BCUT2D eigenvalue weighted by molar-refractivity contribution is 5.79. The van der Waals surface area contributed by atoms with E-state index in [0.29, 0.717) is 32.8 Å². The van der Waals surface area contributed by atoms with Crippen molar-refractivity contribution in [2.75, 3.05) is 46.4 Å². The first kappa shape index (κ1) is 26.5. The van der Waals surface area contributed by atoms with E-state index in [-0.39, 0.29) is 5.84 Å². The van der Waals surface area contributed by atoms with Crippen molar-refractivity contribution in [3.63, 3.8) is 0 Å². The van der Waals surface area contributed by atoms with E-state index in [1.165, 1.54) is 6.19 Å². The monoisotopic (exact) mass is 417 g/mol. The highest BCUT2D eigenvalue weighted by Gasteiger charge is 1.97. The second kappa shape index (κ2) is 17.6. The topological polar surface area (TPSA) is 163 Å². The lowest BCUT2D eigenvalue weighted by Gasteiger charge is -2.06. The van der Waals surface area contributed by atoms with Crippen LogP contribution in [0.5, 0.6) is 11.5 Å². The third-order valence-electron chi connectivity index (χ3n) is 3.31. The molecule has 0 saturated heterocycles. The molecule has 2 aromatic rings. The molecule has 2 rings (SSSR count). The molecule has 30 heavy (non-hydrogen) atoms. The second-order valence-electron chi connectivity index (χ2n) is 5.73. The summed E-state index contributed by atoms with van der Waals surface area (Å²) in [6.45, 7) is 2.29. The van der Waals surface area contributed by atoms with Gasteiger partial charge in [-0.2, -0.15) is 5.26 Å². The van der Waals surface area contributed by atoms with E-state index in [9.17, 15) is 0 Å². The Balaban J connectivity index is 0.000000505. The summed E-state index contributed by atoms with van der Waals surface area (Å²) in [5.41, 5.74) is 16.7. The fraction of sp³-hybridized carbons (Fsp3) is 0.333. The van der Waals surface area contributed by atoms with Crippen LogP contribution in [0.15, 0.2) is 48.5 Å². The van der Waals surface area contributed by atoms with Crippen LogP contribution in [-0.4, -0.2) is 46.5 Å². The fourth-order valence-corrected chi connectivity index (χ4v) is 1.97. The smallest absolute Gasteiger partial charge is 0.173 e. The Morgan fingerprint density at radius 1 is 0.867 bits per heavy atom. The highest BCUT2D eigenvalue weighted by Crippen LogP contribution is 2.13. The van der Waals surface area contributed by atoms with Crippen molar-refractivity contribution in [3.8, 4) is 17.7 Å². The van der Waals surface area contributed by atoms with Crippen molar-refractivity contribution in [2.24, 2.45) is 11.5 Å². The molecule has 0 fully saturated rings. The number of benzene rings is 2. The van der Waals surface area contributed by atoms with Crippen molar-refractivity contribution >= 4 is 11.5 Å². The van der Waals surface area contributed by atoms with Crippen LogP contribution >= 0.6 is 0 Å². The van der Waals surface area contributed by atoms with Gasteiger partial charge in [0.25, 0.3) is 0 Å². The molecule has 0 aliphatic rings. The standard InChI is InChI=1S/C11H16N2O2.C9H13NO2.CH2N2/c1-14-6-7-15-10-4-2-9(3-5-10)8-11(12)13;1-11-6-7-12-9-4-2-8(10)3-5-9;2-1-3/h2-5H,6-8H2,1H3,(H3,12,13);2-5H,6-7,10H2,1H3;2H2. The molecule has 9 heteroatoms. The third kappa shape index (κ3) is 14.6. The van der Waals surface area contributed by atoms with Gasteiger partial charge in [0, 0.05) is 26.3 Å². The molecular weight excluding hydrogens is 386 g/mol. The average Bonchev–Trinajstić information content (AvgIpc) is 2.72. The Hall–Kier alpha value is -3.48. The first-order chi connectivity index (χ1) is 14.5. The molecule has 164 valence electrons. The minimum atomic E-state index is 0.169. The zero-order chi connectivity index (χ0) is 22.6. The lowest BCUT2D eigenvalue weighted by atomic mass is 10.1. The third-order valence-corrected chi connectivity index (χ3v) is 3.31. The number of ether oxygens (including phenoxy) is 4. The number of anilines is 1. The molecule has 2 aromatic carbocycles. The summed E-state index contributed by atoms with van der Waals surface area (Å²) in [4.78, 5) is 0. The first-order valence-corrected chi connectivity index (χ1v) is 9.07. The SMILES string of the molecule is COCCOc1ccc(CC(=N)N)cc1.COCCOc1ccc(N)cc1.N#CN. The van der Waals surface area contributed by atoms with Gasteiger partial charge in [0.2, 0.25) is 0 Å². The lowest BCUT2D eigenvalue weighted by Crippen LogP contribution is -2.12. The summed E-state index contributed by atoms with van der Waals surface area (Å²) in [7, 11) is 3.28. The molecule has 0 aliphatic heterocycles. The maximum Gasteiger partial charge on any atom is 0.173 e. The molecule has 0 aliphatic carbocycles. The fourth-order valence-electron chi connectivity index (χ4n) is 1.97. The molecule has 7 N–H and O–H groups in total. The number of nitrogens with zero attached hydrogens (tertiary/aromatic N) is 1. The van der Waals surface area contributed by atoms with E-state index in [1.54, 1.807) is 14.2 Å². The second-order valence-corrected chi connectivity index (χ2v) is 5.73. The van der Waals surface area contributed by atoms with Crippen molar-refractivity contribution in [3.05, 3.63) is 54.1 Å². The molecule has 0 radical (unpaired) electrons. The van der Waals surface area contributed by atoms with Gasteiger partial charge in [-0.1, -0.05) is 12.1 Å². The van der Waals surface area contributed by atoms with E-state index >= 15 is 0 Å². The minimum Gasteiger partial charge on any atom is -0.491 e. The quantitative estimate of drug-likeness (QED) is 0.114. The predicted octanol–water partition coefficient (Wildman–Crippen LogP) is 1.91. The lowest BCUT2D eigenvalue weighted by molar-refractivity contribution is 0.146. The Morgan fingerprint density at radius 2 is 1.27 bits per heavy atom. The summed E-state index contributed by atoms with van der Waals surface area (Å²) in [6.07, 6.45) is 1.73. The number of nitrogens with two attached hydrogens (primary N) is 3. The largest absolute Gasteiger partial charge is 0.491 e. The summed E-state index contributed by atoms with van der Waals surface area (Å²) in [5.74, 6) is 1.80. The van der Waals surface area contributed by atoms with Crippen molar-refractivity contribution in [2.45, 2.75) is 6.42 Å². The molecule has 9 nitrogen and oxygen atoms in total. The number of methoxy groups -OCH3 is 2. The molecule has 0 spiro atoms. The summed E-state index contributed by atoms with van der Waals surface area (Å²) < 4.78 is 20.4.